The van der Waals surface area contributed by atoms with Gasteiger partial charge in [-0.1, -0.05) is 25.6 Å². The van der Waals surface area contributed by atoms with Crippen molar-refractivity contribution in [2.45, 2.75) is 25.5 Å². The van der Waals surface area contributed by atoms with Gasteiger partial charge >= 0.3 is 0 Å². The molecule has 1 aliphatic heterocycles. The highest BCUT2D eigenvalue weighted by Gasteiger charge is 2.20. The minimum Gasteiger partial charge on any atom is -0.482 e. The van der Waals surface area contributed by atoms with E-state index in [0.29, 0.717) is 46.2 Å². The summed E-state index contributed by atoms with van der Waals surface area (Å²) < 4.78 is 12.8. The molecule has 150 valence electrons. The van der Waals surface area contributed by atoms with Gasteiger partial charge in [0.25, 0.3) is 5.91 Å². The summed E-state index contributed by atoms with van der Waals surface area (Å²) in [4.78, 5) is 24.2. The van der Waals surface area contributed by atoms with Crippen molar-refractivity contribution in [1.82, 2.24) is 14.8 Å². The van der Waals surface area contributed by atoms with Crippen molar-refractivity contribution in [3.05, 3.63) is 42.2 Å². The van der Waals surface area contributed by atoms with Gasteiger partial charge in [0.05, 0.1) is 17.7 Å². The molecule has 0 fully saturated rings. The molecule has 0 saturated carbocycles. The maximum absolute atomic E-state index is 12.7. The Bertz CT molecular complexity index is 1040. The summed E-state index contributed by atoms with van der Waals surface area (Å²) in [6.45, 7) is 4.91. The highest BCUT2D eigenvalue weighted by Crippen LogP contribution is 2.30. The first kappa shape index (κ1) is 19.3. The topological polar surface area (TPSA) is 99.2 Å². The number of thioether (sulfide) groups is 1. The van der Waals surface area contributed by atoms with E-state index in [1.807, 2.05) is 10.6 Å². The summed E-state index contributed by atoms with van der Waals surface area (Å²) >= 11 is 1.33. The third kappa shape index (κ3) is 4.19. The molecule has 0 bridgehead atoms. The number of furan rings is 1. The fourth-order valence-corrected chi connectivity index (χ4v) is 3.83. The second-order valence-corrected chi connectivity index (χ2v) is 7.99. The zero-order chi connectivity index (χ0) is 20.4. The lowest BCUT2D eigenvalue weighted by Crippen LogP contribution is -2.25. The fraction of sp³-hybridized carbons (Fsp3) is 0.300. The van der Waals surface area contributed by atoms with E-state index in [9.17, 15) is 9.59 Å². The summed E-state index contributed by atoms with van der Waals surface area (Å²) in [5.74, 6) is 2.11. The average Bonchev–Trinajstić information content (AvgIpc) is 3.35. The van der Waals surface area contributed by atoms with E-state index in [0.717, 1.165) is 0 Å². The van der Waals surface area contributed by atoms with Gasteiger partial charge in [-0.3, -0.25) is 14.2 Å². The van der Waals surface area contributed by atoms with Crippen molar-refractivity contribution in [1.29, 1.82) is 0 Å². The molecule has 2 aromatic heterocycles. The molecule has 0 atom stereocenters. The van der Waals surface area contributed by atoms with E-state index >= 15 is 0 Å². The number of ketones is 1. The lowest BCUT2D eigenvalue weighted by Gasteiger charge is -2.18. The molecule has 0 radical (unpaired) electrons. The van der Waals surface area contributed by atoms with E-state index in [-0.39, 0.29) is 24.1 Å². The van der Waals surface area contributed by atoms with Gasteiger partial charge in [0, 0.05) is 12.1 Å². The maximum Gasteiger partial charge on any atom is 0.262 e. The zero-order valence-electron chi connectivity index (χ0n) is 16.0. The standard InChI is InChI=1S/C20H20N4O4S/c1-12(2)9-24-19(17-4-3-7-27-17)22-23-20(24)29-11-15(25)13-5-6-16-14(8-13)21-18(26)10-28-16/h3-8,12H,9-11H2,1-2H3,(H,21,26). The van der Waals surface area contributed by atoms with Crippen LogP contribution < -0.4 is 10.1 Å². The van der Waals surface area contributed by atoms with Crippen LogP contribution in [0, 0.1) is 5.92 Å². The quantitative estimate of drug-likeness (QED) is 0.468. The first-order chi connectivity index (χ1) is 14.0. The summed E-state index contributed by atoms with van der Waals surface area (Å²) in [6, 6.07) is 8.68. The van der Waals surface area contributed by atoms with Crippen molar-refractivity contribution in [3.8, 4) is 17.3 Å². The molecule has 9 heteroatoms. The molecule has 8 nitrogen and oxygen atoms in total. The van der Waals surface area contributed by atoms with Crippen molar-refractivity contribution in [2.24, 2.45) is 5.92 Å². The van der Waals surface area contributed by atoms with Crippen molar-refractivity contribution in [3.63, 3.8) is 0 Å². The number of aromatic nitrogens is 3. The number of hydrogen-bond acceptors (Lipinski definition) is 7. The lowest BCUT2D eigenvalue weighted by molar-refractivity contribution is -0.118. The van der Waals surface area contributed by atoms with Crippen LogP contribution in [0.5, 0.6) is 5.75 Å². The van der Waals surface area contributed by atoms with Crippen LogP contribution >= 0.6 is 11.8 Å². The highest BCUT2D eigenvalue weighted by atomic mass is 32.2. The summed E-state index contributed by atoms with van der Waals surface area (Å²) in [7, 11) is 0. The Balaban J connectivity index is 1.51. The summed E-state index contributed by atoms with van der Waals surface area (Å²) in [5, 5.41) is 11.9. The molecular weight excluding hydrogens is 392 g/mol. The summed E-state index contributed by atoms with van der Waals surface area (Å²) in [6.07, 6.45) is 1.60. The molecule has 29 heavy (non-hydrogen) atoms. The largest absolute Gasteiger partial charge is 0.482 e. The Kier molecular flexibility index (Phi) is 5.39. The van der Waals surface area contributed by atoms with E-state index in [1.54, 1.807) is 30.5 Å². The first-order valence-electron chi connectivity index (χ1n) is 9.21. The van der Waals surface area contributed by atoms with Crippen molar-refractivity contribution >= 4 is 29.1 Å². The normalized spacial score (nSPS) is 13.1. The predicted octanol–water partition coefficient (Wildman–Crippen LogP) is 3.50. The van der Waals surface area contributed by atoms with Gasteiger partial charge in [0.15, 0.2) is 29.1 Å². The maximum atomic E-state index is 12.7. The Morgan fingerprint density at radius 2 is 2.17 bits per heavy atom. The predicted molar refractivity (Wildman–Crippen MR) is 108 cm³/mol. The number of rotatable bonds is 7. The van der Waals surface area contributed by atoms with Gasteiger partial charge in [0.1, 0.15) is 5.75 Å². The number of benzene rings is 1. The Hall–Kier alpha value is -3.07. The Labute approximate surface area is 171 Å². The number of fused-ring (bicyclic) bond motifs is 1. The average molecular weight is 412 g/mol. The van der Waals surface area contributed by atoms with Crippen LogP contribution in [-0.2, 0) is 11.3 Å². The smallest absolute Gasteiger partial charge is 0.262 e. The van der Waals surface area contributed by atoms with E-state index in [4.69, 9.17) is 9.15 Å². The van der Waals surface area contributed by atoms with Crippen LogP contribution in [0.15, 0.2) is 46.2 Å². The number of nitrogens with zero attached hydrogens (tertiary/aromatic N) is 3. The Morgan fingerprint density at radius 1 is 1.31 bits per heavy atom. The monoisotopic (exact) mass is 412 g/mol. The molecule has 0 saturated heterocycles. The molecule has 1 aliphatic rings. The number of Topliss-reactive ketones (excluding diaryl/α,β-unsaturated/α-hetero) is 1. The number of hydrogen-bond donors (Lipinski definition) is 1. The molecule has 0 spiro atoms. The number of ether oxygens (including phenoxy) is 1. The number of carbonyl (C=O) groups excluding carboxylic acids is 2. The van der Waals surface area contributed by atoms with E-state index in [2.05, 4.69) is 29.4 Å². The molecular formula is C20H20N4O4S. The molecule has 0 unspecified atom stereocenters. The van der Waals surface area contributed by atoms with Crippen LogP contribution in [-0.4, -0.2) is 38.8 Å². The fourth-order valence-electron chi connectivity index (χ4n) is 2.98. The van der Waals surface area contributed by atoms with Crippen LogP contribution in [0.1, 0.15) is 24.2 Å². The number of carbonyl (C=O) groups is 2. The number of nitrogens with one attached hydrogen (secondary N) is 1. The van der Waals surface area contributed by atoms with Gasteiger partial charge in [-0.15, -0.1) is 10.2 Å². The van der Waals surface area contributed by atoms with Gasteiger partial charge < -0.3 is 14.5 Å². The van der Waals surface area contributed by atoms with Gasteiger partial charge in [-0.25, -0.2) is 0 Å². The van der Waals surface area contributed by atoms with Gasteiger partial charge in [-0.2, -0.15) is 0 Å². The van der Waals surface area contributed by atoms with Crippen LogP contribution in [0.2, 0.25) is 0 Å². The number of amides is 1. The highest BCUT2D eigenvalue weighted by molar-refractivity contribution is 7.99. The van der Waals surface area contributed by atoms with Crippen molar-refractivity contribution < 1.29 is 18.7 Å². The van der Waals surface area contributed by atoms with Gasteiger partial charge in [-0.05, 0) is 36.2 Å². The minimum atomic E-state index is -0.233. The molecule has 3 heterocycles. The molecule has 1 aromatic carbocycles. The number of anilines is 1. The molecule has 0 aliphatic carbocycles. The van der Waals surface area contributed by atoms with Crippen LogP contribution in [0.4, 0.5) is 5.69 Å². The second-order valence-electron chi connectivity index (χ2n) is 7.05. The second kappa shape index (κ2) is 8.12. The van der Waals surface area contributed by atoms with Crippen LogP contribution in [0.3, 0.4) is 0 Å². The summed E-state index contributed by atoms with van der Waals surface area (Å²) in [5.41, 5.74) is 1.02. The first-order valence-corrected chi connectivity index (χ1v) is 10.2. The van der Waals surface area contributed by atoms with Gasteiger partial charge in [0.2, 0.25) is 0 Å². The molecule has 1 N–H and O–H groups in total. The van der Waals surface area contributed by atoms with E-state index < -0.39 is 0 Å². The lowest BCUT2D eigenvalue weighted by atomic mass is 10.1. The third-order valence-electron chi connectivity index (χ3n) is 4.27. The molecule has 4 rings (SSSR count). The SMILES string of the molecule is CC(C)Cn1c(SCC(=O)c2ccc3c(c2)NC(=O)CO3)nnc1-c1ccco1. The Morgan fingerprint density at radius 3 is 2.93 bits per heavy atom. The zero-order valence-corrected chi connectivity index (χ0v) is 16.9. The third-order valence-corrected chi connectivity index (χ3v) is 5.24. The molecule has 3 aromatic rings. The van der Waals surface area contributed by atoms with Crippen LogP contribution in [0.25, 0.3) is 11.6 Å². The van der Waals surface area contributed by atoms with E-state index in [1.165, 1.54) is 11.8 Å². The minimum absolute atomic E-state index is 0.0142. The molecule has 1 amide bonds. The van der Waals surface area contributed by atoms with Crippen molar-refractivity contribution in [2.75, 3.05) is 17.7 Å².